The Balaban J connectivity index is 1.98. The van der Waals surface area contributed by atoms with Crippen molar-refractivity contribution in [3.63, 3.8) is 0 Å². The zero-order chi connectivity index (χ0) is 14.7. The number of hydrogen-bond donors (Lipinski definition) is 2. The smallest absolute Gasteiger partial charge is 0.315 e. The summed E-state index contributed by atoms with van der Waals surface area (Å²) in [5, 5.41) is 8.79. The Morgan fingerprint density at radius 1 is 1.30 bits per heavy atom. The molecule has 2 amide bonds. The van der Waals surface area contributed by atoms with Crippen LogP contribution in [-0.4, -0.2) is 22.0 Å². The van der Waals surface area contributed by atoms with Crippen molar-refractivity contribution in [1.29, 1.82) is 0 Å². The predicted octanol–water partition coefficient (Wildman–Crippen LogP) is 1.89. The Morgan fingerprint density at radius 2 is 2.00 bits per heavy atom. The summed E-state index contributed by atoms with van der Waals surface area (Å²) in [4.78, 5) is 28.6. The maximum Gasteiger partial charge on any atom is 0.315 e. The van der Waals surface area contributed by atoms with E-state index in [1.54, 1.807) is 6.92 Å². The maximum absolute atomic E-state index is 11.7. The molecule has 0 fully saturated rings. The van der Waals surface area contributed by atoms with E-state index in [1.807, 2.05) is 13.8 Å². The van der Waals surface area contributed by atoms with E-state index >= 15 is 0 Å². The fourth-order valence-electron chi connectivity index (χ4n) is 1.56. The van der Waals surface area contributed by atoms with E-state index in [9.17, 15) is 9.59 Å². The molecule has 0 aliphatic heterocycles. The molecule has 0 aliphatic carbocycles. The molecule has 0 saturated carbocycles. The lowest BCUT2D eigenvalue weighted by Gasteiger charge is -2.00. The molecule has 0 unspecified atom stereocenters. The van der Waals surface area contributed by atoms with E-state index in [4.69, 9.17) is 4.52 Å². The van der Waals surface area contributed by atoms with Crippen LogP contribution in [0, 0.1) is 13.8 Å². The van der Waals surface area contributed by atoms with Gasteiger partial charge in [-0.05, 0) is 20.3 Å². The lowest BCUT2D eigenvalue weighted by atomic mass is 10.3. The molecule has 2 rings (SSSR count). The van der Waals surface area contributed by atoms with Crippen LogP contribution >= 0.6 is 11.3 Å². The van der Waals surface area contributed by atoms with Gasteiger partial charge in [-0.3, -0.25) is 20.2 Å². The number of rotatable bonds is 3. The van der Waals surface area contributed by atoms with Crippen molar-refractivity contribution < 1.29 is 14.1 Å². The molecule has 8 heteroatoms. The molecular weight excluding hydrogens is 280 g/mol. The molecule has 2 aromatic heterocycles. The largest absolute Gasteiger partial charge is 0.360 e. The van der Waals surface area contributed by atoms with Crippen molar-refractivity contribution in [2.24, 2.45) is 0 Å². The number of amides is 2. The Morgan fingerprint density at radius 3 is 2.55 bits per heavy atom. The summed E-state index contributed by atoms with van der Waals surface area (Å²) in [6, 6.07) is 1.52. The molecule has 0 aromatic carbocycles. The van der Waals surface area contributed by atoms with Crippen LogP contribution in [0.25, 0.3) is 0 Å². The molecule has 20 heavy (non-hydrogen) atoms. The Labute approximate surface area is 119 Å². The summed E-state index contributed by atoms with van der Waals surface area (Å²) in [6.07, 6.45) is 0.780. The van der Waals surface area contributed by atoms with Crippen molar-refractivity contribution in [3.05, 3.63) is 22.4 Å². The average Bonchev–Trinajstić information content (AvgIpc) is 2.95. The lowest BCUT2D eigenvalue weighted by Crippen LogP contribution is -2.29. The third-order valence-corrected chi connectivity index (χ3v) is 3.45. The molecule has 7 nitrogen and oxygen atoms in total. The van der Waals surface area contributed by atoms with Crippen LogP contribution in [-0.2, 0) is 16.0 Å². The van der Waals surface area contributed by atoms with Crippen molar-refractivity contribution in [2.45, 2.75) is 27.2 Å². The van der Waals surface area contributed by atoms with Gasteiger partial charge in [-0.1, -0.05) is 12.1 Å². The lowest BCUT2D eigenvalue weighted by molar-refractivity contribution is -0.133. The average molecular weight is 294 g/mol. The molecular formula is C12H14N4O3S. The van der Waals surface area contributed by atoms with Gasteiger partial charge in [0.15, 0.2) is 10.9 Å². The van der Waals surface area contributed by atoms with E-state index < -0.39 is 11.8 Å². The Hall–Kier alpha value is -2.22. The molecule has 2 N–H and O–H groups in total. The van der Waals surface area contributed by atoms with Gasteiger partial charge < -0.3 is 4.52 Å². The number of hydrogen-bond acceptors (Lipinski definition) is 6. The molecule has 0 bridgehead atoms. The van der Waals surface area contributed by atoms with Gasteiger partial charge in [-0.2, -0.15) is 0 Å². The van der Waals surface area contributed by atoms with Crippen LogP contribution in [0.2, 0.25) is 0 Å². The minimum atomic E-state index is -0.816. The van der Waals surface area contributed by atoms with Gasteiger partial charge in [0, 0.05) is 10.9 Å². The van der Waals surface area contributed by atoms with E-state index in [2.05, 4.69) is 20.8 Å². The van der Waals surface area contributed by atoms with Crippen LogP contribution in [0.4, 0.5) is 10.9 Å². The monoisotopic (exact) mass is 294 g/mol. The van der Waals surface area contributed by atoms with Crippen LogP contribution in [0.1, 0.15) is 23.3 Å². The van der Waals surface area contributed by atoms with E-state index in [-0.39, 0.29) is 5.82 Å². The van der Waals surface area contributed by atoms with Crippen LogP contribution in [0.15, 0.2) is 10.6 Å². The second-order valence-corrected chi connectivity index (χ2v) is 5.31. The summed E-state index contributed by atoms with van der Waals surface area (Å²) in [6.45, 7) is 5.59. The van der Waals surface area contributed by atoms with Gasteiger partial charge in [-0.25, -0.2) is 4.98 Å². The number of aromatic nitrogens is 2. The van der Waals surface area contributed by atoms with Gasteiger partial charge in [0.2, 0.25) is 0 Å². The van der Waals surface area contributed by atoms with Crippen LogP contribution in [0.5, 0.6) is 0 Å². The highest BCUT2D eigenvalue weighted by atomic mass is 32.1. The van der Waals surface area contributed by atoms with Crippen LogP contribution in [0.3, 0.4) is 0 Å². The number of nitrogens with zero attached hydrogens (tertiary/aromatic N) is 2. The fourth-order valence-corrected chi connectivity index (χ4v) is 2.46. The number of anilines is 2. The maximum atomic E-state index is 11.7. The van der Waals surface area contributed by atoms with Gasteiger partial charge in [0.05, 0.1) is 5.69 Å². The van der Waals surface area contributed by atoms with Gasteiger partial charge in [0.1, 0.15) is 5.76 Å². The first-order valence-electron chi connectivity index (χ1n) is 6.01. The highest BCUT2D eigenvalue weighted by molar-refractivity contribution is 7.15. The summed E-state index contributed by atoms with van der Waals surface area (Å²) in [5.41, 5.74) is 0.915. The zero-order valence-electron chi connectivity index (χ0n) is 11.3. The number of carbonyl (C=O) groups excluding carboxylic acids is 2. The van der Waals surface area contributed by atoms with Crippen molar-refractivity contribution in [3.8, 4) is 0 Å². The molecule has 0 atom stereocenters. The molecule has 2 heterocycles. The number of thiazole rings is 1. The molecule has 106 valence electrons. The Kier molecular flexibility index (Phi) is 4.14. The molecule has 0 saturated heterocycles. The van der Waals surface area contributed by atoms with E-state index in [0.717, 1.165) is 17.0 Å². The highest BCUT2D eigenvalue weighted by Gasteiger charge is 2.17. The normalized spacial score (nSPS) is 10.3. The second kappa shape index (κ2) is 5.83. The molecule has 2 aromatic rings. The SMILES string of the molecule is CCc1nc(NC(=O)C(=O)Nc2cc(C)on2)sc1C. The fraction of sp³-hybridized carbons (Fsp3) is 0.333. The second-order valence-electron chi connectivity index (χ2n) is 4.11. The number of carbonyl (C=O) groups is 2. The van der Waals surface area contributed by atoms with E-state index in [0.29, 0.717) is 10.9 Å². The molecule has 0 radical (unpaired) electrons. The molecule has 0 aliphatic rings. The third-order valence-electron chi connectivity index (χ3n) is 2.52. The summed E-state index contributed by atoms with van der Waals surface area (Å²) >= 11 is 1.34. The van der Waals surface area contributed by atoms with E-state index in [1.165, 1.54) is 17.4 Å². The first kappa shape index (κ1) is 14.2. The summed E-state index contributed by atoms with van der Waals surface area (Å²) in [5.74, 6) is -0.859. The van der Waals surface area contributed by atoms with Gasteiger partial charge >= 0.3 is 11.8 Å². The summed E-state index contributed by atoms with van der Waals surface area (Å²) < 4.78 is 4.79. The number of nitrogens with one attached hydrogen (secondary N) is 2. The summed E-state index contributed by atoms with van der Waals surface area (Å²) in [7, 11) is 0. The number of aryl methyl sites for hydroxylation is 3. The Bertz CT molecular complexity index is 647. The third kappa shape index (κ3) is 3.21. The van der Waals surface area contributed by atoms with Crippen LogP contribution < -0.4 is 10.6 Å². The standard InChI is InChI=1S/C12H14N4O3S/c1-4-8-7(3)20-12(13-8)15-11(18)10(17)14-9-5-6(2)19-16-9/h5H,4H2,1-3H3,(H,13,15,18)(H,14,16,17). The van der Waals surface area contributed by atoms with Crippen molar-refractivity contribution in [1.82, 2.24) is 10.1 Å². The minimum absolute atomic E-state index is 0.201. The van der Waals surface area contributed by atoms with Crippen molar-refractivity contribution >= 4 is 34.1 Å². The topological polar surface area (TPSA) is 97.1 Å². The first-order chi connectivity index (χ1) is 9.49. The minimum Gasteiger partial charge on any atom is -0.360 e. The quantitative estimate of drug-likeness (QED) is 0.842. The molecule has 0 spiro atoms. The highest BCUT2D eigenvalue weighted by Crippen LogP contribution is 2.22. The van der Waals surface area contributed by atoms with Gasteiger partial charge in [0.25, 0.3) is 0 Å². The van der Waals surface area contributed by atoms with Crippen molar-refractivity contribution in [2.75, 3.05) is 10.6 Å². The van der Waals surface area contributed by atoms with Gasteiger partial charge in [-0.15, -0.1) is 11.3 Å². The zero-order valence-corrected chi connectivity index (χ0v) is 12.1. The first-order valence-corrected chi connectivity index (χ1v) is 6.83. The predicted molar refractivity (Wildman–Crippen MR) is 74.7 cm³/mol.